The average molecular weight is 257 g/mol. The van der Waals surface area contributed by atoms with Crippen LogP contribution in [0.5, 0.6) is 0 Å². The molecule has 0 aromatic carbocycles. The normalized spacial score (nSPS) is 20.9. The lowest BCUT2D eigenvalue weighted by molar-refractivity contribution is -0.131. The maximum absolute atomic E-state index is 11.8. The van der Waals surface area contributed by atoms with Crippen LogP contribution in [0.2, 0.25) is 0 Å². The lowest BCUT2D eigenvalue weighted by Gasteiger charge is -2.32. The minimum atomic E-state index is 0.164. The first-order chi connectivity index (χ1) is 8.71. The molecule has 1 atom stereocenters. The molecule has 106 valence electrons. The van der Waals surface area contributed by atoms with Crippen LogP contribution >= 0.6 is 0 Å². The summed E-state index contributed by atoms with van der Waals surface area (Å²) in [6.07, 6.45) is 1.73. The summed E-state index contributed by atoms with van der Waals surface area (Å²) in [5, 5.41) is 0. The van der Waals surface area contributed by atoms with E-state index in [0.29, 0.717) is 13.0 Å². The monoisotopic (exact) mass is 257 g/mol. The van der Waals surface area contributed by atoms with Crippen LogP contribution in [0.25, 0.3) is 0 Å². The first-order valence-corrected chi connectivity index (χ1v) is 7.03. The van der Waals surface area contributed by atoms with E-state index in [4.69, 9.17) is 10.5 Å². The van der Waals surface area contributed by atoms with E-state index < -0.39 is 0 Å². The first-order valence-electron chi connectivity index (χ1n) is 7.03. The Hall–Kier alpha value is -0.650. The second-order valence-corrected chi connectivity index (χ2v) is 4.70. The topological polar surface area (TPSA) is 58.8 Å². The molecule has 1 heterocycles. The molecule has 0 aromatic heterocycles. The summed E-state index contributed by atoms with van der Waals surface area (Å²) in [5.74, 6) is 0.267. The second kappa shape index (κ2) is 8.45. The van der Waals surface area contributed by atoms with E-state index in [0.717, 1.165) is 45.8 Å². The molecule has 0 radical (unpaired) electrons. The summed E-state index contributed by atoms with van der Waals surface area (Å²) >= 11 is 0. The molecule has 1 unspecified atom stereocenters. The largest absolute Gasteiger partial charge is 0.374 e. The molecule has 0 aromatic rings. The van der Waals surface area contributed by atoms with Crippen molar-refractivity contribution in [1.82, 2.24) is 9.80 Å². The Morgan fingerprint density at radius 3 is 2.78 bits per heavy atom. The molecule has 0 saturated carbocycles. The highest BCUT2D eigenvalue weighted by Gasteiger charge is 2.19. The van der Waals surface area contributed by atoms with Crippen LogP contribution in [0.15, 0.2) is 0 Å². The lowest BCUT2D eigenvalue weighted by Crippen LogP contribution is -2.46. The van der Waals surface area contributed by atoms with Gasteiger partial charge in [-0.2, -0.15) is 0 Å². The fourth-order valence-corrected chi connectivity index (χ4v) is 2.31. The van der Waals surface area contributed by atoms with Crippen LogP contribution in [-0.4, -0.2) is 67.7 Å². The summed E-state index contributed by atoms with van der Waals surface area (Å²) in [6.45, 7) is 9.81. The fraction of sp³-hybridized carbons (Fsp3) is 0.923. The molecule has 1 rings (SSSR count). The van der Waals surface area contributed by atoms with Crippen molar-refractivity contribution in [2.75, 3.05) is 45.9 Å². The van der Waals surface area contributed by atoms with Gasteiger partial charge in [-0.15, -0.1) is 0 Å². The molecular formula is C13H27N3O2. The molecule has 1 aliphatic rings. The van der Waals surface area contributed by atoms with Gasteiger partial charge in [0.15, 0.2) is 0 Å². The molecular weight excluding hydrogens is 230 g/mol. The van der Waals surface area contributed by atoms with Gasteiger partial charge in [0.1, 0.15) is 0 Å². The average Bonchev–Trinajstić information content (AvgIpc) is 2.40. The molecule has 18 heavy (non-hydrogen) atoms. The van der Waals surface area contributed by atoms with Crippen LogP contribution in [0.3, 0.4) is 0 Å². The highest BCUT2D eigenvalue weighted by Crippen LogP contribution is 2.06. The van der Waals surface area contributed by atoms with Crippen molar-refractivity contribution in [3.63, 3.8) is 0 Å². The Bertz CT molecular complexity index is 244. The number of nitrogens with zero attached hydrogens (tertiary/aromatic N) is 2. The first kappa shape index (κ1) is 15.4. The van der Waals surface area contributed by atoms with Crippen LogP contribution in [0.1, 0.15) is 26.7 Å². The summed E-state index contributed by atoms with van der Waals surface area (Å²) < 4.78 is 5.52. The number of carbonyl (C=O) groups excluding carboxylic acids is 1. The van der Waals surface area contributed by atoms with Gasteiger partial charge in [-0.05, 0) is 26.8 Å². The van der Waals surface area contributed by atoms with Crippen molar-refractivity contribution >= 4 is 5.91 Å². The fourth-order valence-electron chi connectivity index (χ4n) is 2.31. The summed E-state index contributed by atoms with van der Waals surface area (Å²) in [4.78, 5) is 16.1. The maximum Gasteiger partial charge on any atom is 0.222 e. The summed E-state index contributed by atoms with van der Waals surface area (Å²) in [6, 6.07) is 0. The molecule has 1 aliphatic heterocycles. The molecule has 2 N–H and O–H groups in total. The number of nitrogens with two attached hydrogens (primary N) is 1. The van der Waals surface area contributed by atoms with E-state index >= 15 is 0 Å². The molecule has 5 heteroatoms. The molecule has 1 amide bonds. The highest BCUT2D eigenvalue weighted by atomic mass is 16.5. The van der Waals surface area contributed by atoms with Gasteiger partial charge in [0.2, 0.25) is 5.91 Å². The molecule has 1 saturated heterocycles. The van der Waals surface area contributed by atoms with E-state index in [9.17, 15) is 4.79 Å². The second-order valence-electron chi connectivity index (χ2n) is 4.70. The molecule has 5 nitrogen and oxygen atoms in total. The van der Waals surface area contributed by atoms with Crippen molar-refractivity contribution in [3.8, 4) is 0 Å². The van der Waals surface area contributed by atoms with Gasteiger partial charge >= 0.3 is 0 Å². The van der Waals surface area contributed by atoms with Gasteiger partial charge in [0, 0.05) is 39.1 Å². The van der Waals surface area contributed by atoms with E-state index in [1.165, 1.54) is 0 Å². The predicted octanol–water partition coefficient (Wildman–Crippen LogP) is 0.295. The van der Waals surface area contributed by atoms with Gasteiger partial charge in [0.25, 0.3) is 0 Å². The standard InChI is InChI=1S/C13H27N3O2/c1-3-16(4-2)13(17)6-5-7-15-8-9-18-12(10-14)11-15/h12H,3-11,14H2,1-2H3. The zero-order chi connectivity index (χ0) is 13.4. The predicted molar refractivity (Wildman–Crippen MR) is 72.4 cm³/mol. The van der Waals surface area contributed by atoms with Crippen LogP contribution in [0.4, 0.5) is 0 Å². The van der Waals surface area contributed by atoms with Crippen molar-refractivity contribution in [1.29, 1.82) is 0 Å². The summed E-state index contributed by atoms with van der Waals surface area (Å²) in [5.41, 5.74) is 5.61. The number of rotatable bonds is 7. The molecule has 1 fully saturated rings. The zero-order valence-electron chi connectivity index (χ0n) is 11.7. The Kier molecular flexibility index (Phi) is 7.23. The Morgan fingerprint density at radius 1 is 1.44 bits per heavy atom. The van der Waals surface area contributed by atoms with Crippen molar-refractivity contribution in [2.24, 2.45) is 5.73 Å². The van der Waals surface area contributed by atoms with Crippen molar-refractivity contribution in [3.05, 3.63) is 0 Å². The van der Waals surface area contributed by atoms with E-state index in [1.807, 2.05) is 18.7 Å². The van der Waals surface area contributed by atoms with Gasteiger partial charge in [-0.3, -0.25) is 9.69 Å². The Morgan fingerprint density at radius 2 is 2.17 bits per heavy atom. The van der Waals surface area contributed by atoms with E-state index in [-0.39, 0.29) is 12.0 Å². The van der Waals surface area contributed by atoms with Crippen LogP contribution in [0, 0.1) is 0 Å². The molecule has 0 bridgehead atoms. The lowest BCUT2D eigenvalue weighted by atomic mass is 10.2. The number of hydrogen-bond acceptors (Lipinski definition) is 4. The molecule has 0 aliphatic carbocycles. The number of hydrogen-bond donors (Lipinski definition) is 1. The van der Waals surface area contributed by atoms with Crippen LogP contribution in [-0.2, 0) is 9.53 Å². The number of carbonyl (C=O) groups is 1. The van der Waals surface area contributed by atoms with Gasteiger partial charge in [0.05, 0.1) is 12.7 Å². The summed E-state index contributed by atoms with van der Waals surface area (Å²) in [7, 11) is 0. The van der Waals surface area contributed by atoms with Gasteiger partial charge < -0.3 is 15.4 Å². The Balaban J connectivity index is 2.19. The van der Waals surface area contributed by atoms with Crippen molar-refractivity contribution < 1.29 is 9.53 Å². The van der Waals surface area contributed by atoms with Crippen molar-refractivity contribution in [2.45, 2.75) is 32.8 Å². The third-order valence-electron chi connectivity index (χ3n) is 3.47. The van der Waals surface area contributed by atoms with E-state index in [2.05, 4.69) is 4.90 Å². The Labute approximate surface area is 110 Å². The smallest absolute Gasteiger partial charge is 0.222 e. The number of ether oxygens (including phenoxy) is 1. The van der Waals surface area contributed by atoms with Crippen LogP contribution < -0.4 is 5.73 Å². The maximum atomic E-state index is 11.8. The van der Waals surface area contributed by atoms with Gasteiger partial charge in [-0.1, -0.05) is 0 Å². The quantitative estimate of drug-likeness (QED) is 0.712. The number of amides is 1. The third-order valence-corrected chi connectivity index (χ3v) is 3.47. The van der Waals surface area contributed by atoms with E-state index in [1.54, 1.807) is 0 Å². The third kappa shape index (κ3) is 4.92. The zero-order valence-corrected chi connectivity index (χ0v) is 11.7. The SMILES string of the molecule is CCN(CC)C(=O)CCCN1CCOC(CN)C1. The minimum absolute atomic E-state index is 0.164. The highest BCUT2D eigenvalue weighted by molar-refractivity contribution is 5.76. The molecule has 0 spiro atoms. The number of morpholine rings is 1. The minimum Gasteiger partial charge on any atom is -0.374 e. The van der Waals surface area contributed by atoms with Gasteiger partial charge in [-0.25, -0.2) is 0 Å².